The van der Waals surface area contributed by atoms with Crippen LogP contribution in [0.4, 0.5) is 0 Å². The van der Waals surface area contributed by atoms with Gasteiger partial charge in [-0.25, -0.2) is 5.32 Å². The minimum atomic E-state index is 0.714. The van der Waals surface area contributed by atoms with E-state index in [4.69, 9.17) is 5.26 Å². The van der Waals surface area contributed by atoms with Gasteiger partial charge < -0.3 is 0 Å². The van der Waals surface area contributed by atoms with Crippen molar-refractivity contribution in [3.05, 3.63) is 59.7 Å². The average molecular weight is 249 g/mol. The normalized spacial score (nSPS) is 10.1. The molecule has 2 nitrogen and oxygen atoms in total. The van der Waals surface area contributed by atoms with Crippen LogP contribution in [0.5, 0.6) is 0 Å². The lowest BCUT2D eigenvalue weighted by Gasteiger charge is -2.06. The molecule has 0 heterocycles. The minimum Gasteiger partial charge on any atom is -0.237 e. The molecule has 0 aliphatic heterocycles. The Kier molecular flexibility index (Phi) is 4.72. The zero-order valence-electron chi connectivity index (χ0n) is 11.1. The van der Waals surface area contributed by atoms with Gasteiger partial charge >= 0.3 is 0 Å². The van der Waals surface area contributed by atoms with Gasteiger partial charge in [0.1, 0.15) is 0 Å². The largest absolute Gasteiger partial charge is 0.237 e. The molecule has 0 aliphatic carbocycles. The second-order valence-corrected chi connectivity index (χ2v) is 4.46. The second-order valence-electron chi connectivity index (χ2n) is 4.46. The third kappa shape index (κ3) is 3.43. The van der Waals surface area contributed by atoms with E-state index >= 15 is 0 Å². The molecule has 1 radical (unpaired) electrons. The number of hydrogen-bond donors (Lipinski definition) is 0. The van der Waals surface area contributed by atoms with E-state index in [1.807, 2.05) is 24.3 Å². The molecule has 0 unspecified atom stereocenters. The number of nitriles is 1. The Morgan fingerprint density at radius 3 is 2.47 bits per heavy atom. The minimum absolute atomic E-state index is 0.714. The van der Waals surface area contributed by atoms with Crippen LogP contribution in [0.25, 0.3) is 11.1 Å². The maximum Gasteiger partial charge on any atom is 0.0998 e. The number of hydrogen-bond acceptors (Lipinski definition) is 1. The second kappa shape index (κ2) is 6.72. The summed E-state index contributed by atoms with van der Waals surface area (Å²) in [6.45, 7) is 3.82. The number of benzene rings is 2. The van der Waals surface area contributed by atoms with Gasteiger partial charge in [-0.05, 0) is 29.2 Å². The molecule has 0 fully saturated rings. The summed E-state index contributed by atoms with van der Waals surface area (Å²) in [5.74, 6) is 0. The maximum absolute atomic E-state index is 9.11. The summed E-state index contributed by atoms with van der Waals surface area (Å²) in [5.41, 5.74) is 4.00. The zero-order chi connectivity index (χ0) is 13.5. The van der Waals surface area contributed by atoms with Crippen molar-refractivity contribution in [3.63, 3.8) is 0 Å². The quantitative estimate of drug-likeness (QED) is 0.744. The predicted molar refractivity (Wildman–Crippen MR) is 77.6 cm³/mol. The SMILES string of the molecule is CCC[N]Cc1ccc(-c2ccccc2C#N)cc1. The van der Waals surface area contributed by atoms with Crippen molar-refractivity contribution < 1.29 is 0 Å². The molecule has 0 aliphatic rings. The van der Waals surface area contributed by atoms with E-state index in [0.29, 0.717) is 5.56 Å². The molecule has 0 spiro atoms. The molecule has 2 aromatic rings. The van der Waals surface area contributed by atoms with Crippen LogP contribution in [-0.2, 0) is 6.54 Å². The third-order valence-corrected chi connectivity index (χ3v) is 2.99. The predicted octanol–water partition coefficient (Wildman–Crippen LogP) is 3.74. The monoisotopic (exact) mass is 249 g/mol. The highest BCUT2D eigenvalue weighted by Gasteiger charge is 2.03. The first-order chi connectivity index (χ1) is 9.35. The van der Waals surface area contributed by atoms with Crippen LogP contribution >= 0.6 is 0 Å². The van der Waals surface area contributed by atoms with Crippen LogP contribution in [0.1, 0.15) is 24.5 Å². The molecule has 0 aromatic heterocycles. The molecule has 0 saturated carbocycles. The first-order valence-electron chi connectivity index (χ1n) is 6.57. The highest BCUT2D eigenvalue weighted by molar-refractivity contribution is 5.70. The molecule has 2 rings (SSSR count). The van der Waals surface area contributed by atoms with E-state index in [0.717, 1.165) is 30.6 Å². The maximum atomic E-state index is 9.11. The molecular weight excluding hydrogens is 232 g/mol. The highest BCUT2D eigenvalue weighted by Crippen LogP contribution is 2.23. The smallest absolute Gasteiger partial charge is 0.0998 e. The van der Waals surface area contributed by atoms with Gasteiger partial charge in [-0.15, -0.1) is 0 Å². The molecule has 95 valence electrons. The molecule has 0 bridgehead atoms. The fourth-order valence-corrected chi connectivity index (χ4v) is 1.99. The summed E-state index contributed by atoms with van der Waals surface area (Å²) in [6.07, 6.45) is 1.09. The lowest BCUT2D eigenvalue weighted by atomic mass is 9.99. The molecule has 0 N–H and O–H groups in total. The van der Waals surface area contributed by atoms with Gasteiger partial charge in [-0.1, -0.05) is 49.4 Å². The van der Waals surface area contributed by atoms with Crippen LogP contribution in [-0.4, -0.2) is 6.54 Å². The summed E-state index contributed by atoms with van der Waals surface area (Å²) in [5, 5.41) is 13.6. The van der Waals surface area contributed by atoms with Crippen molar-refractivity contribution in [2.24, 2.45) is 0 Å². The van der Waals surface area contributed by atoms with Crippen molar-refractivity contribution >= 4 is 0 Å². The van der Waals surface area contributed by atoms with Crippen LogP contribution in [0.2, 0.25) is 0 Å². The Balaban J connectivity index is 2.16. The van der Waals surface area contributed by atoms with Crippen molar-refractivity contribution in [1.82, 2.24) is 5.32 Å². The number of nitrogens with zero attached hydrogens (tertiary/aromatic N) is 2. The van der Waals surface area contributed by atoms with Crippen LogP contribution in [0.3, 0.4) is 0 Å². The number of rotatable bonds is 5. The van der Waals surface area contributed by atoms with Gasteiger partial charge in [0.15, 0.2) is 0 Å². The molecular formula is C17H17N2. The average Bonchev–Trinajstić information content (AvgIpc) is 2.48. The Morgan fingerprint density at radius 1 is 1.05 bits per heavy atom. The Hall–Kier alpha value is -2.11. The lowest BCUT2D eigenvalue weighted by Crippen LogP contribution is -2.05. The van der Waals surface area contributed by atoms with E-state index in [1.54, 1.807) is 0 Å². The van der Waals surface area contributed by atoms with Gasteiger partial charge in [0.2, 0.25) is 0 Å². The topological polar surface area (TPSA) is 37.9 Å². The summed E-state index contributed by atoms with van der Waals surface area (Å²) >= 11 is 0. The summed E-state index contributed by atoms with van der Waals surface area (Å²) in [4.78, 5) is 0. The van der Waals surface area contributed by atoms with E-state index in [1.165, 1.54) is 5.56 Å². The van der Waals surface area contributed by atoms with Gasteiger partial charge in [0.05, 0.1) is 11.6 Å². The Labute approximate surface area is 114 Å². The van der Waals surface area contributed by atoms with E-state index in [9.17, 15) is 0 Å². The standard InChI is InChI=1S/C17H17N2/c1-2-11-19-13-14-7-9-15(10-8-14)17-6-4-3-5-16(17)12-18/h3-10H,2,11,13H2,1H3. The first-order valence-corrected chi connectivity index (χ1v) is 6.57. The van der Waals surface area contributed by atoms with Crippen LogP contribution in [0.15, 0.2) is 48.5 Å². The Morgan fingerprint density at radius 2 is 1.79 bits per heavy atom. The summed E-state index contributed by atoms with van der Waals surface area (Å²) in [7, 11) is 0. The molecule has 0 saturated heterocycles. The van der Waals surface area contributed by atoms with Crippen LogP contribution < -0.4 is 5.32 Å². The van der Waals surface area contributed by atoms with Crippen molar-refractivity contribution in [2.75, 3.05) is 6.54 Å². The summed E-state index contributed by atoms with van der Waals surface area (Å²) < 4.78 is 0. The molecule has 2 aromatic carbocycles. The zero-order valence-corrected chi connectivity index (χ0v) is 11.1. The fourth-order valence-electron chi connectivity index (χ4n) is 1.99. The van der Waals surface area contributed by atoms with Gasteiger partial charge in [-0.3, -0.25) is 0 Å². The Bertz CT molecular complexity index is 565. The van der Waals surface area contributed by atoms with Gasteiger partial charge in [-0.2, -0.15) is 5.26 Å². The third-order valence-electron chi connectivity index (χ3n) is 2.99. The lowest BCUT2D eigenvalue weighted by molar-refractivity contribution is 0.661. The highest BCUT2D eigenvalue weighted by atomic mass is 14.8. The van der Waals surface area contributed by atoms with Crippen molar-refractivity contribution in [2.45, 2.75) is 19.9 Å². The van der Waals surface area contributed by atoms with E-state index in [-0.39, 0.29) is 0 Å². The van der Waals surface area contributed by atoms with Crippen molar-refractivity contribution in [3.8, 4) is 17.2 Å². The molecule has 0 atom stereocenters. The van der Waals surface area contributed by atoms with E-state index in [2.05, 4.69) is 42.6 Å². The molecule has 2 heteroatoms. The fraction of sp³-hybridized carbons (Fsp3) is 0.235. The van der Waals surface area contributed by atoms with E-state index < -0.39 is 0 Å². The van der Waals surface area contributed by atoms with Crippen molar-refractivity contribution in [1.29, 1.82) is 5.26 Å². The molecule has 0 amide bonds. The van der Waals surface area contributed by atoms with Crippen LogP contribution in [0, 0.1) is 11.3 Å². The van der Waals surface area contributed by atoms with Gasteiger partial charge in [0.25, 0.3) is 0 Å². The van der Waals surface area contributed by atoms with Gasteiger partial charge in [0, 0.05) is 13.1 Å². The summed E-state index contributed by atoms with van der Waals surface area (Å²) in [6, 6.07) is 18.2. The molecule has 19 heavy (non-hydrogen) atoms. The first kappa shape index (κ1) is 13.3.